The Balaban J connectivity index is 0.00000182. The molecule has 4 rings (SSSR count). The molecule has 0 amide bonds. The molecule has 3 nitrogen and oxygen atoms in total. The molecule has 0 radical (unpaired) electrons. The van der Waals surface area contributed by atoms with Gasteiger partial charge in [0.1, 0.15) is 0 Å². The van der Waals surface area contributed by atoms with E-state index in [0.717, 1.165) is 22.4 Å². The number of anilines is 2. The van der Waals surface area contributed by atoms with E-state index in [2.05, 4.69) is 73.2 Å². The van der Waals surface area contributed by atoms with E-state index in [1.54, 1.807) is 0 Å². The first-order valence-electron chi connectivity index (χ1n) is 8.10. The largest absolute Gasteiger partial charge is 0.299 e. The van der Waals surface area contributed by atoms with E-state index in [9.17, 15) is 0 Å². The summed E-state index contributed by atoms with van der Waals surface area (Å²) in [7, 11) is 0. The number of nitrogens with zero attached hydrogens (tertiary/aromatic N) is 1. The molecule has 0 fully saturated rings. The van der Waals surface area contributed by atoms with E-state index < -0.39 is 0 Å². The van der Waals surface area contributed by atoms with E-state index in [-0.39, 0.29) is 12.4 Å². The Hall–Kier alpha value is -2.78. The van der Waals surface area contributed by atoms with Gasteiger partial charge in [0.25, 0.3) is 0 Å². The van der Waals surface area contributed by atoms with Crippen LogP contribution in [0.5, 0.6) is 0 Å². The first-order valence-corrected chi connectivity index (χ1v) is 8.10. The van der Waals surface area contributed by atoms with Crippen molar-refractivity contribution in [2.24, 2.45) is 0 Å². The van der Waals surface area contributed by atoms with Crippen molar-refractivity contribution in [3.63, 3.8) is 0 Å². The summed E-state index contributed by atoms with van der Waals surface area (Å²) in [5.74, 6) is 0.840. The number of rotatable bonds is 3. The lowest BCUT2D eigenvalue weighted by Crippen LogP contribution is -2.12. The molecule has 2 N–H and O–H groups in total. The predicted octanol–water partition coefficient (Wildman–Crippen LogP) is 5.87. The normalized spacial score (nSPS) is 10.5. The fourth-order valence-corrected chi connectivity index (χ4v) is 3.13. The Bertz CT molecular complexity index is 1020. The van der Waals surface area contributed by atoms with Crippen molar-refractivity contribution >= 4 is 45.6 Å². The molecule has 0 atom stereocenters. The lowest BCUT2D eigenvalue weighted by molar-refractivity contribution is 1.28. The SMILES string of the molecule is Cc1cccc(C)c1NNc1nc2ccccc2c2ccccc12.Cl. The van der Waals surface area contributed by atoms with Gasteiger partial charge in [0.2, 0.25) is 0 Å². The number of aromatic nitrogens is 1. The zero-order valence-corrected chi connectivity index (χ0v) is 15.0. The summed E-state index contributed by atoms with van der Waals surface area (Å²) in [6.07, 6.45) is 0. The fraction of sp³-hybridized carbons (Fsp3) is 0.0952. The Kier molecular flexibility index (Phi) is 4.77. The Morgan fingerprint density at radius 1 is 0.640 bits per heavy atom. The number of aryl methyl sites for hydroxylation is 2. The van der Waals surface area contributed by atoms with Crippen molar-refractivity contribution < 1.29 is 0 Å². The molecule has 1 aromatic heterocycles. The number of hydrogen-bond donors (Lipinski definition) is 2. The minimum Gasteiger partial charge on any atom is -0.299 e. The highest BCUT2D eigenvalue weighted by atomic mass is 35.5. The molecular weight excluding hydrogens is 330 g/mol. The van der Waals surface area contributed by atoms with Crippen LogP contribution in [0.15, 0.2) is 66.7 Å². The average molecular weight is 350 g/mol. The van der Waals surface area contributed by atoms with Gasteiger partial charge in [-0.3, -0.25) is 10.9 Å². The third kappa shape index (κ3) is 3.11. The van der Waals surface area contributed by atoms with Gasteiger partial charge >= 0.3 is 0 Å². The molecular formula is C21H20ClN3. The number of halogens is 1. The topological polar surface area (TPSA) is 37.0 Å². The van der Waals surface area contributed by atoms with Crippen molar-refractivity contribution in [1.29, 1.82) is 0 Å². The first-order chi connectivity index (χ1) is 11.7. The summed E-state index contributed by atoms with van der Waals surface area (Å²) in [4.78, 5) is 4.80. The molecule has 0 saturated carbocycles. The van der Waals surface area contributed by atoms with Crippen molar-refractivity contribution in [3.8, 4) is 0 Å². The summed E-state index contributed by atoms with van der Waals surface area (Å²) in [5, 5.41) is 3.48. The fourth-order valence-electron chi connectivity index (χ4n) is 3.13. The number of pyridine rings is 1. The average Bonchev–Trinajstić information content (AvgIpc) is 2.61. The second-order valence-electron chi connectivity index (χ2n) is 6.04. The van der Waals surface area contributed by atoms with Gasteiger partial charge in [-0.15, -0.1) is 12.4 Å². The molecule has 0 aliphatic heterocycles. The second-order valence-corrected chi connectivity index (χ2v) is 6.04. The third-order valence-electron chi connectivity index (χ3n) is 4.40. The minimum absolute atomic E-state index is 0. The smallest absolute Gasteiger partial charge is 0.153 e. The molecule has 1 heterocycles. The number of benzene rings is 3. The van der Waals surface area contributed by atoms with Crippen LogP contribution in [0.2, 0.25) is 0 Å². The van der Waals surface area contributed by atoms with Crippen LogP contribution in [0.1, 0.15) is 11.1 Å². The van der Waals surface area contributed by atoms with E-state index in [1.807, 2.05) is 18.2 Å². The zero-order chi connectivity index (χ0) is 16.5. The van der Waals surface area contributed by atoms with Crippen LogP contribution in [-0.4, -0.2) is 4.98 Å². The number of fused-ring (bicyclic) bond motifs is 3. The number of para-hydroxylation sites is 2. The molecule has 25 heavy (non-hydrogen) atoms. The van der Waals surface area contributed by atoms with Crippen molar-refractivity contribution in [2.75, 3.05) is 10.9 Å². The van der Waals surface area contributed by atoms with Crippen LogP contribution in [0.25, 0.3) is 21.7 Å². The monoisotopic (exact) mass is 349 g/mol. The molecule has 126 valence electrons. The molecule has 3 aromatic carbocycles. The Morgan fingerprint density at radius 2 is 1.24 bits per heavy atom. The van der Waals surface area contributed by atoms with Crippen LogP contribution in [0, 0.1) is 13.8 Å². The number of hydrazine groups is 1. The van der Waals surface area contributed by atoms with Gasteiger partial charge in [-0.05, 0) is 36.4 Å². The molecule has 0 spiro atoms. The molecule has 0 bridgehead atoms. The van der Waals surface area contributed by atoms with Gasteiger partial charge in [0.05, 0.1) is 11.2 Å². The lowest BCUT2D eigenvalue weighted by atomic mass is 10.1. The van der Waals surface area contributed by atoms with Crippen molar-refractivity contribution in [2.45, 2.75) is 13.8 Å². The van der Waals surface area contributed by atoms with E-state index in [4.69, 9.17) is 4.98 Å². The van der Waals surface area contributed by atoms with Crippen molar-refractivity contribution in [3.05, 3.63) is 77.9 Å². The second kappa shape index (κ2) is 6.99. The first kappa shape index (κ1) is 17.1. The third-order valence-corrected chi connectivity index (χ3v) is 4.40. The van der Waals surface area contributed by atoms with Gasteiger partial charge in [-0.25, -0.2) is 4.98 Å². The quantitative estimate of drug-likeness (QED) is 0.359. The Labute approximate surface area is 153 Å². The summed E-state index contributed by atoms with van der Waals surface area (Å²) >= 11 is 0. The van der Waals surface area contributed by atoms with Crippen molar-refractivity contribution in [1.82, 2.24) is 4.98 Å². The zero-order valence-electron chi connectivity index (χ0n) is 14.2. The maximum atomic E-state index is 4.80. The van der Waals surface area contributed by atoms with Gasteiger partial charge in [0, 0.05) is 10.8 Å². The number of nitrogens with one attached hydrogen (secondary N) is 2. The van der Waals surface area contributed by atoms with E-state index >= 15 is 0 Å². The highest BCUT2D eigenvalue weighted by Crippen LogP contribution is 2.29. The lowest BCUT2D eigenvalue weighted by Gasteiger charge is -2.16. The highest BCUT2D eigenvalue weighted by molar-refractivity contribution is 6.10. The standard InChI is InChI=1S/C21H19N3.ClH/c1-14-8-7-9-15(2)20(14)23-24-21-18-12-4-3-10-16(18)17-11-5-6-13-19(17)22-21;/h3-13,23H,1-2H3,(H,22,24);1H. The van der Waals surface area contributed by atoms with E-state index in [0.29, 0.717) is 0 Å². The molecule has 0 aliphatic rings. The van der Waals surface area contributed by atoms with Crippen LogP contribution in [0.3, 0.4) is 0 Å². The molecule has 4 aromatic rings. The van der Waals surface area contributed by atoms with Crippen LogP contribution in [0.4, 0.5) is 11.5 Å². The maximum absolute atomic E-state index is 4.80. The van der Waals surface area contributed by atoms with Gasteiger partial charge < -0.3 is 0 Å². The molecule has 0 aliphatic carbocycles. The van der Waals surface area contributed by atoms with Crippen LogP contribution < -0.4 is 10.9 Å². The van der Waals surface area contributed by atoms with Crippen LogP contribution >= 0.6 is 12.4 Å². The minimum atomic E-state index is 0. The van der Waals surface area contributed by atoms with Crippen LogP contribution in [-0.2, 0) is 0 Å². The Morgan fingerprint density at radius 3 is 1.96 bits per heavy atom. The molecule has 0 saturated heterocycles. The van der Waals surface area contributed by atoms with E-state index in [1.165, 1.54) is 21.9 Å². The van der Waals surface area contributed by atoms with Gasteiger partial charge in [-0.1, -0.05) is 60.7 Å². The summed E-state index contributed by atoms with van der Waals surface area (Å²) in [6.45, 7) is 4.20. The number of hydrogen-bond acceptors (Lipinski definition) is 3. The maximum Gasteiger partial charge on any atom is 0.153 e. The summed E-state index contributed by atoms with van der Waals surface area (Å²) < 4.78 is 0. The summed E-state index contributed by atoms with van der Waals surface area (Å²) in [6, 6.07) is 22.9. The predicted molar refractivity (Wildman–Crippen MR) is 110 cm³/mol. The molecule has 4 heteroatoms. The van der Waals surface area contributed by atoms with Gasteiger partial charge in [0.15, 0.2) is 5.82 Å². The molecule has 0 unspecified atom stereocenters. The van der Waals surface area contributed by atoms with Gasteiger partial charge in [-0.2, -0.15) is 0 Å². The summed E-state index contributed by atoms with van der Waals surface area (Å²) in [5.41, 5.74) is 11.1. The highest BCUT2D eigenvalue weighted by Gasteiger charge is 2.08.